The number of hydrogen-bond acceptors (Lipinski definition) is 3. The quantitative estimate of drug-likeness (QED) is 0.857. The van der Waals surface area contributed by atoms with E-state index in [0.29, 0.717) is 6.54 Å². The van der Waals surface area contributed by atoms with Crippen molar-refractivity contribution in [3.63, 3.8) is 0 Å². The minimum Gasteiger partial charge on any atom is -0.497 e. The topological polar surface area (TPSA) is 41.6 Å². The number of carbonyl (C=O) groups is 1. The highest BCUT2D eigenvalue weighted by Crippen LogP contribution is 2.27. The van der Waals surface area contributed by atoms with Gasteiger partial charge < -0.3 is 10.1 Å². The first kappa shape index (κ1) is 18.3. The average Bonchev–Trinajstić information content (AvgIpc) is 3.18. The molecule has 138 valence electrons. The smallest absolute Gasteiger partial charge is 0.251 e. The Kier molecular flexibility index (Phi) is 5.83. The van der Waals surface area contributed by atoms with Crippen LogP contribution in [0.4, 0.5) is 8.78 Å². The second-order valence-corrected chi connectivity index (χ2v) is 6.37. The van der Waals surface area contributed by atoms with Crippen LogP contribution in [0.2, 0.25) is 0 Å². The first-order chi connectivity index (χ1) is 12.6. The predicted molar refractivity (Wildman–Crippen MR) is 95.2 cm³/mol. The van der Waals surface area contributed by atoms with Crippen molar-refractivity contribution in [3.05, 3.63) is 65.2 Å². The Balaban J connectivity index is 1.75. The summed E-state index contributed by atoms with van der Waals surface area (Å²) in [6.45, 7) is 2.30. The Morgan fingerprint density at radius 3 is 2.62 bits per heavy atom. The lowest BCUT2D eigenvalue weighted by Crippen LogP contribution is -2.36. The number of amides is 1. The lowest BCUT2D eigenvalue weighted by Gasteiger charge is -2.28. The molecular weight excluding hydrogens is 338 g/mol. The number of likely N-dealkylation sites (tertiary alicyclic amines) is 1. The van der Waals surface area contributed by atoms with Gasteiger partial charge in [0.1, 0.15) is 5.75 Å². The summed E-state index contributed by atoms with van der Waals surface area (Å²) >= 11 is 0. The molecule has 2 aromatic rings. The molecule has 1 N–H and O–H groups in total. The predicted octanol–water partition coefficient (Wildman–Crippen LogP) is 3.54. The van der Waals surface area contributed by atoms with Gasteiger partial charge in [-0.1, -0.05) is 12.1 Å². The third-order valence-electron chi connectivity index (χ3n) is 4.70. The third kappa shape index (κ3) is 4.19. The van der Waals surface area contributed by atoms with Crippen LogP contribution in [0.25, 0.3) is 0 Å². The number of nitrogens with one attached hydrogen (secondary N) is 1. The molecule has 6 heteroatoms. The molecule has 1 unspecified atom stereocenters. The van der Waals surface area contributed by atoms with Gasteiger partial charge in [-0.3, -0.25) is 9.69 Å². The fourth-order valence-electron chi connectivity index (χ4n) is 3.29. The molecular formula is C20H22F2N2O2. The van der Waals surface area contributed by atoms with Crippen LogP contribution in [0.15, 0.2) is 42.5 Å². The van der Waals surface area contributed by atoms with Crippen molar-refractivity contribution < 1.29 is 18.3 Å². The van der Waals surface area contributed by atoms with Gasteiger partial charge in [-0.15, -0.1) is 0 Å². The average molecular weight is 360 g/mol. The summed E-state index contributed by atoms with van der Waals surface area (Å²) in [6, 6.07) is 10.9. The Morgan fingerprint density at radius 2 is 1.92 bits per heavy atom. The highest BCUT2D eigenvalue weighted by molar-refractivity contribution is 5.94. The van der Waals surface area contributed by atoms with E-state index in [-0.39, 0.29) is 11.6 Å². The van der Waals surface area contributed by atoms with Crippen molar-refractivity contribution in [1.82, 2.24) is 10.2 Å². The molecule has 0 aliphatic carbocycles. The third-order valence-corrected chi connectivity index (χ3v) is 4.70. The molecule has 26 heavy (non-hydrogen) atoms. The maximum atomic E-state index is 13.4. The van der Waals surface area contributed by atoms with E-state index >= 15 is 0 Å². The maximum absolute atomic E-state index is 13.4. The van der Waals surface area contributed by atoms with Crippen molar-refractivity contribution in [2.75, 3.05) is 26.7 Å². The Labute approximate surface area is 151 Å². The summed E-state index contributed by atoms with van der Waals surface area (Å²) < 4.78 is 31.7. The molecule has 1 fully saturated rings. The normalized spacial score (nSPS) is 15.7. The summed E-state index contributed by atoms with van der Waals surface area (Å²) in [5.41, 5.74) is 1.16. The second-order valence-electron chi connectivity index (χ2n) is 6.37. The molecule has 1 aliphatic heterocycles. The number of benzene rings is 2. The van der Waals surface area contributed by atoms with Crippen LogP contribution in [0.5, 0.6) is 5.75 Å². The molecule has 1 aliphatic rings. The Bertz CT molecular complexity index is 776. The van der Waals surface area contributed by atoms with Gasteiger partial charge in [0.05, 0.1) is 13.2 Å². The molecule has 0 aromatic heterocycles. The van der Waals surface area contributed by atoms with Gasteiger partial charge in [0.15, 0.2) is 11.6 Å². The highest BCUT2D eigenvalue weighted by atomic mass is 19.2. The summed E-state index contributed by atoms with van der Waals surface area (Å²) in [5.74, 6) is -1.65. The molecule has 0 bridgehead atoms. The van der Waals surface area contributed by atoms with E-state index in [1.807, 2.05) is 24.3 Å². The molecule has 3 rings (SSSR count). The van der Waals surface area contributed by atoms with Crippen molar-refractivity contribution in [1.29, 1.82) is 0 Å². The van der Waals surface area contributed by atoms with Crippen LogP contribution >= 0.6 is 0 Å². The number of methoxy groups -OCH3 is 1. The molecule has 4 nitrogen and oxygen atoms in total. The highest BCUT2D eigenvalue weighted by Gasteiger charge is 2.24. The Morgan fingerprint density at radius 1 is 1.15 bits per heavy atom. The van der Waals surface area contributed by atoms with Crippen LogP contribution < -0.4 is 10.1 Å². The van der Waals surface area contributed by atoms with Crippen LogP contribution in [-0.4, -0.2) is 37.6 Å². The summed E-state index contributed by atoms with van der Waals surface area (Å²) in [7, 11) is 1.62. The standard InChI is InChI=1S/C20H22F2N2O2/c1-26-16-6-4-5-14(11-16)19(24-9-2-3-10-24)13-23-20(25)15-7-8-17(21)18(22)12-15/h4-8,11-12,19H,2-3,9-10,13H2,1H3,(H,23,25). The summed E-state index contributed by atoms with van der Waals surface area (Å²) in [6.07, 6.45) is 2.25. The first-order valence-electron chi connectivity index (χ1n) is 8.69. The van der Waals surface area contributed by atoms with E-state index < -0.39 is 17.5 Å². The number of hydrogen-bond donors (Lipinski definition) is 1. The Hall–Kier alpha value is -2.47. The second kappa shape index (κ2) is 8.27. The molecule has 1 amide bonds. The zero-order valence-corrected chi connectivity index (χ0v) is 14.7. The number of ether oxygens (including phenoxy) is 1. The van der Waals surface area contributed by atoms with Gasteiger partial charge in [0.25, 0.3) is 5.91 Å². The zero-order valence-electron chi connectivity index (χ0n) is 14.7. The molecule has 2 aromatic carbocycles. The van der Waals surface area contributed by atoms with E-state index in [0.717, 1.165) is 49.4 Å². The minimum atomic E-state index is -1.03. The van der Waals surface area contributed by atoms with Gasteiger partial charge in [-0.2, -0.15) is 0 Å². The van der Waals surface area contributed by atoms with Crippen molar-refractivity contribution in [2.45, 2.75) is 18.9 Å². The molecule has 1 atom stereocenters. The monoisotopic (exact) mass is 360 g/mol. The first-order valence-corrected chi connectivity index (χ1v) is 8.69. The van der Waals surface area contributed by atoms with Crippen LogP contribution in [0, 0.1) is 11.6 Å². The largest absolute Gasteiger partial charge is 0.497 e. The van der Waals surface area contributed by atoms with Crippen molar-refractivity contribution >= 4 is 5.91 Å². The number of carbonyl (C=O) groups excluding carboxylic acids is 1. The minimum absolute atomic E-state index is 0.00171. The zero-order chi connectivity index (χ0) is 18.5. The summed E-state index contributed by atoms with van der Waals surface area (Å²) in [4.78, 5) is 14.7. The van der Waals surface area contributed by atoms with Crippen LogP contribution in [-0.2, 0) is 0 Å². The van der Waals surface area contributed by atoms with Crippen molar-refractivity contribution in [2.24, 2.45) is 0 Å². The van der Waals surface area contributed by atoms with Gasteiger partial charge >= 0.3 is 0 Å². The number of nitrogens with zero attached hydrogens (tertiary/aromatic N) is 1. The lowest BCUT2D eigenvalue weighted by atomic mass is 10.0. The fraction of sp³-hybridized carbons (Fsp3) is 0.350. The van der Waals surface area contributed by atoms with Crippen molar-refractivity contribution in [3.8, 4) is 5.75 Å². The molecule has 0 saturated carbocycles. The fourth-order valence-corrected chi connectivity index (χ4v) is 3.29. The van der Waals surface area contributed by atoms with Crippen LogP contribution in [0.1, 0.15) is 34.8 Å². The molecule has 1 saturated heterocycles. The summed E-state index contributed by atoms with van der Waals surface area (Å²) in [5, 5.41) is 2.85. The van der Waals surface area contributed by atoms with E-state index in [9.17, 15) is 13.6 Å². The van der Waals surface area contributed by atoms with Gasteiger partial charge in [0, 0.05) is 12.1 Å². The van der Waals surface area contributed by atoms with Crippen LogP contribution in [0.3, 0.4) is 0 Å². The van der Waals surface area contributed by atoms with Gasteiger partial charge in [0.2, 0.25) is 0 Å². The van der Waals surface area contributed by atoms with E-state index in [2.05, 4.69) is 10.2 Å². The number of rotatable bonds is 6. The van der Waals surface area contributed by atoms with E-state index in [1.165, 1.54) is 6.07 Å². The van der Waals surface area contributed by atoms with Gasteiger partial charge in [-0.05, 0) is 61.8 Å². The molecule has 0 radical (unpaired) electrons. The van der Waals surface area contributed by atoms with Gasteiger partial charge in [-0.25, -0.2) is 8.78 Å². The molecule has 0 spiro atoms. The maximum Gasteiger partial charge on any atom is 0.251 e. The molecule has 1 heterocycles. The SMILES string of the molecule is COc1cccc(C(CNC(=O)c2ccc(F)c(F)c2)N2CCCC2)c1. The lowest BCUT2D eigenvalue weighted by molar-refractivity contribution is 0.0937. The van der Waals surface area contributed by atoms with E-state index in [1.54, 1.807) is 7.11 Å². The number of halogens is 2. The van der Waals surface area contributed by atoms with E-state index in [4.69, 9.17) is 4.74 Å².